The van der Waals surface area contributed by atoms with Crippen molar-refractivity contribution in [2.24, 2.45) is 5.92 Å². The fourth-order valence-corrected chi connectivity index (χ4v) is 2.27. The van der Waals surface area contributed by atoms with E-state index in [2.05, 4.69) is 16.7 Å². The summed E-state index contributed by atoms with van der Waals surface area (Å²) in [6.07, 6.45) is 0. The minimum atomic E-state index is 0.307. The highest BCUT2D eigenvalue weighted by atomic mass is 16.5. The minimum Gasteiger partial charge on any atom is -0.497 e. The first-order valence-electron chi connectivity index (χ1n) is 5.90. The summed E-state index contributed by atoms with van der Waals surface area (Å²) < 4.78 is 10.7. The van der Waals surface area contributed by atoms with E-state index in [1.54, 1.807) is 14.2 Å². The molecule has 0 amide bonds. The Balaban J connectivity index is 2.31. The van der Waals surface area contributed by atoms with Crippen LogP contribution in [-0.4, -0.2) is 34.4 Å². The molecule has 2 rings (SSSR count). The van der Waals surface area contributed by atoms with Gasteiger partial charge in [0.15, 0.2) is 0 Å². The normalized spacial score (nSPS) is 17.4. The van der Waals surface area contributed by atoms with Gasteiger partial charge in [-0.05, 0) is 25.2 Å². The molecule has 1 aromatic rings. The summed E-state index contributed by atoms with van der Waals surface area (Å²) in [7, 11) is 5.38. The molecule has 1 heterocycles. The molecular weight excluding hydrogens is 216 g/mol. The Morgan fingerprint density at radius 3 is 2.53 bits per heavy atom. The van der Waals surface area contributed by atoms with Crippen LogP contribution >= 0.6 is 0 Å². The van der Waals surface area contributed by atoms with Crippen molar-refractivity contribution in [1.29, 1.82) is 0 Å². The third-order valence-corrected chi connectivity index (χ3v) is 3.37. The van der Waals surface area contributed by atoms with E-state index in [0.29, 0.717) is 12.0 Å². The molecule has 1 aliphatic rings. The third kappa shape index (κ3) is 2.37. The molecule has 1 aliphatic heterocycles. The maximum absolute atomic E-state index is 5.43. The van der Waals surface area contributed by atoms with E-state index in [0.717, 1.165) is 24.6 Å². The summed E-state index contributed by atoms with van der Waals surface area (Å²) in [5.74, 6) is 2.39. The molecule has 94 valence electrons. The molecule has 1 unspecified atom stereocenters. The van der Waals surface area contributed by atoms with Crippen LogP contribution in [0.25, 0.3) is 0 Å². The second kappa shape index (κ2) is 5.38. The molecule has 4 nitrogen and oxygen atoms in total. The summed E-state index contributed by atoms with van der Waals surface area (Å²) in [6.45, 7) is 2.09. The van der Waals surface area contributed by atoms with Crippen LogP contribution in [-0.2, 0) is 0 Å². The number of hydrogen-bond acceptors (Lipinski definition) is 4. The molecule has 17 heavy (non-hydrogen) atoms. The van der Waals surface area contributed by atoms with Gasteiger partial charge in [0.1, 0.15) is 11.5 Å². The first-order valence-corrected chi connectivity index (χ1v) is 5.90. The van der Waals surface area contributed by atoms with Crippen molar-refractivity contribution in [1.82, 2.24) is 10.6 Å². The van der Waals surface area contributed by atoms with Crippen LogP contribution in [0.3, 0.4) is 0 Å². The van der Waals surface area contributed by atoms with Crippen molar-refractivity contribution < 1.29 is 9.47 Å². The van der Waals surface area contributed by atoms with Crippen LogP contribution in [0.4, 0.5) is 0 Å². The Labute approximate surface area is 102 Å². The molecule has 0 saturated carbocycles. The second-order valence-corrected chi connectivity index (χ2v) is 4.29. The molecule has 0 aromatic heterocycles. The molecule has 4 heteroatoms. The smallest absolute Gasteiger partial charge is 0.123 e. The molecule has 1 saturated heterocycles. The number of ether oxygens (including phenoxy) is 2. The van der Waals surface area contributed by atoms with Gasteiger partial charge in [-0.25, -0.2) is 0 Å². The Morgan fingerprint density at radius 1 is 1.29 bits per heavy atom. The van der Waals surface area contributed by atoms with Gasteiger partial charge in [0.05, 0.1) is 14.2 Å². The molecule has 2 N–H and O–H groups in total. The highest BCUT2D eigenvalue weighted by Crippen LogP contribution is 2.34. The van der Waals surface area contributed by atoms with Crippen LogP contribution < -0.4 is 20.1 Å². The maximum atomic E-state index is 5.43. The molecule has 0 bridgehead atoms. The van der Waals surface area contributed by atoms with Crippen molar-refractivity contribution >= 4 is 0 Å². The summed E-state index contributed by atoms with van der Waals surface area (Å²) in [5, 5.41) is 6.67. The second-order valence-electron chi connectivity index (χ2n) is 4.29. The average molecular weight is 236 g/mol. The lowest BCUT2D eigenvalue weighted by molar-refractivity contribution is 0.261. The summed E-state index contributed by atoms with van der Waals surface area (Å²) in [5.41, 5.74) is 1.17. The van der Waals surface area contributed by atoms with Gasteiger partial charge in [-0.3, -0.25) is 0 Å². The van der Waals surface area contributed by atoms with Crippen LogP contribution in [0.5, 0.6) is 11.5 Å². The summed E-state index contributed by atoms with van der Waals surface area (Å²) >= 11 is 0. The van der Waals surface area contributed by atoms with Gasteiger partial charge in [-0.1, -0.05) is 0 Å². The van der Waals surface area contributed by atoms with E-state index in [-0.39, 0.29) is 0 Å². The first kappa shape index (κ1) is 12.2. The number of rotatable bonds is 5. The van der Waals surface area contributed by atoms with E-state index >= 15 is 0 Å². The highest BCUT2D eigenvalue weighted by Gasteiger charge is 2.29. The monoisotopic (exact) mass is 236 g/mol. The summed E-state index contributed by atoms with van der Waals surface area (Å²) in [4.78, 5) is 0. The minimum absolute atomic E-state index is 0.307. The molecule has 1 aromatic carbocycles. The van der Waals surface area contributed by atoms with Gasteiger partial charge in [0, 0.05) is 30.6 Å². The predicted molar refractivity (Wildman–Crippen MR) is 67.7 cm³/mol. The predicted octanol–water partition coefficient (Wildman–Crippen LogP) is 1.18. The fraction of sp³-hybridized carbons (Fsp3) is 0.538. The van der Waals surface area contributed by atoms with Gasteiger partial charge < -0.3 is 20.1 Å². The molecule has 1 atom stereocenters. The van der Waals surface area contributed by atoms with E-state index in [9.17, 15) is 0 Å². The van der Waals surface area contributed by atoms with Crippen LogP contribution in [0, 0.1) is 5.92 Å². The zero-order chi connectivity index (χ0) is 12.3. The van der Waals surface area contributed by atoms with E-state index < -0.39 is 0 Å². The Kier molecular flexibility index (Phi) is 3.86. The number of hydrogen-bond donors (Lipinski definition) is 2. The van der Waals surface area contributed by atoms with Gasteiger partial charge in [0.2, 0.25) is 0 Å². The van der Waals surface area contributed by atoms with Gasteiger partial charge in [-0.2, -0.15) is 0 Å². The lowest BCUT2D eigenvalue weighted by atomic mass is 9.88. The quantitative estimate of drug-likeness (QED) is 0.806. The van der Waals surface area contributed by atoms with Crippen molar-refractivity contribution in [2.75, 3.05) is 34.4 Å². The van der Waals surface area contributed by atoms with Gasteiger partial charge in [0.25, 0.3) is 0 Å². The van der Waals surface area contributed by atoms with Crippen molar-refractivity contribution in [3.05, 3.63) is 23.8 Å². The van der Waals surface area contributed by atoms with E-state index in [1.807, 2.05) is 19.2 Å². The molecule has 0 spiro atoms. The Morgan fingerprint density at radius 2 is 2.06 bits per heavy atom. The number of nitrogens with one attached hydrogen (secondary N) is 2. The Hall–Kier alpha value is -1.26. The lowest BCUT2D eigenvalue weighted by Crippen LogP contribution is -2.48. The molecule has 0 radical (unpaired) electrons. The zero-order valence-electron chi connectivity index (χ0n) is 10.6. The number of methoxy groups -OCH3 is 2. The van der Waals surface area contributed by atoms with Crippen LogP contribution in [0.1, 0.15) is 11.6 Å². The SMILES string of the molecule is CNC(c1cc(OC)ccc1OC)C1CNC1. The standard InChI is InChI=1S/C13H20N2O2/c1-14-13(9-7-15-8-9)11-6-10(16-2)4-5-12(11)17-3/h4-6,9,13-15H,7-8H2,1-3H3. The summed E-state index contributed by atoms with van der Waals surface area (Å²) in [6, 6.07) is 6.25. The van der Waals surface area contributed by atoms with Crippen molar-refractivity contribution in [3.63, 3.8) is 0 Å². The van der Waals surface area contributed by atoms with Crippen LogP contribution in [0.2, 0.25) is 0 Å². The number of benzene rings is 1. The largest absolute Gasteiger partial charge is 0.497 e. The lowest BCUT2D eigenvalue weighted by Gasteiger charge is -2.35. The topological polar surface area (TPSA) is 42.5 Å². The highest BCUT2D eigenvalue weighted by molar-refractivity contribution is 5.42. The van der Waals surface area contributed by atoms with Crippen molar-refractivity contribution in [3.8, 4) is 11.5 Å². The Bertz CT molecular complexity index is 378. The fourth-order valence-electron chi connectivity index (χ4n) is 2.27. The maximum Gasteiger partial charge on any atom is 0.123 e. The third-order valence-electron chi connectivity index (χ3n) is 3.37. The van der Waals surface area contributed by atoms with Gasteiger partial charge >= 0.3 is 0 Å². The molecule has 0 aliphatic carbocycles. The average Bonchev–Trinajstić information content (AvgIpc) is 2.32. The van der Waals surface area contributed by atoms with E-state index in [4.69, 9.17) is 9.47 Å². The molecular formula is C13H20N2O2. The van der Waals surface area contributed by atoms with Crippen LogP contribution in [0.15, 0.2) is 18.2 Å². The van der Waals surface area contributed by atoms with Gasteiger partial charge in [-0.15, -0.1) is 0 Å². The first-order chi connectivity index (χ1) is 8.30. The molecule has 1 fully saturated rings. The van der Waals surface area contributed by atoms with Crippen molar-refractivity contribution in [2.45, 2.75) is 6.04 Å². The van der Waals surface area contributed by atoms with E-state index in [1.165, 1.54) is 5.56 Å². The zero-order valence-corrected chi connectivity index (χ0v) is 10.6.